The average molecular weight is 563 g/mol. The number of fused-ring (bicyclic) bond motifs is 2. The molecule has 0 aliphatic heterocycles. The van der Waals surface area contributed by atoms with Crippen LogP contribution in [0.1, 0.15) is 22.3 Å². The number of para-hydroxylation sites is 2. The summed E-state index contributed by atoms with van der Waals surface area (Å²) in [4.78, 5) is 0. The topological polar surface area (TPSA) is 18.5 Å². The van der Waals surface area contributed by atoms with Crippen LogP contribution < -0.4 is 9.47 Å². The lowest BCUT2D eigenvalue weighted by Gasteiger charge is -2.17. The zero-order valence-electron chi connectivity index (χ0n) is 23.8. The van der Waals surface area contributed by atoms with Crippen molar-refractivity contribution in [3.63, 3.8) is 0 Å². The highest BCUT2D eigenvalue weighted by atomic mass is 16.5. The van der Waals surface area contributed by atoms with Gasteiger partial charge in [0.25, 0.3) is 0 Å². The molecule has 0 atom stereocenters. The third-order valence-electron chi connectivity index (χ3n) is 7.24. The molecule has 0 heterocycles. The van der Waals surface area contributed by atoms with Crippen LogP contribution in [0.4, 0.5) is 0 Å². The van der Waals surface area contributed by atoms with Crippen molar-refractivity contribution in [3.05, 3.63) is 180 Å². The average Bonchev–Trinajstić information content (AvgIpc) is 3.08. The summed E-state index contributed by atoms with van der Waals surface area (Å²) in [6.45, 7) is 0. The molecule has 0 radical (unpaired) electrons. The molecular formula is C42H26O2. The van der Waals surface area contributed by atoms with Gasteiger partial charge in [0.1, 0.15) is 23.0 Å². The zero-order chi connectivity index (χ0) is 29.6. The van der Waals surface area contributed by atoms with E-state index >= 15 is 0 Å². The van der Waals surface area contributed by atoms with Crippen LogP contribution in [0.15, 0.2) is 158 Å². The zero-order valence-corrected chi connectivity index (χ0v) is 23.8. The Kier molecular flexibility index (Phi) is 7.48. The smallest absolute Gasteiger partial charge is 0.136 e. The lowest BCUT2D eigenvalue weighted by molar-refractivity contribution is 0.487. The highest BCUT2D eigenvalue weighted by Crippen LogP contribution is 2.43. The quantitative estimate of drug-likeness (QED) is 0.157. The Labute approximate surface area is 257 Å². The summed E-state index contributed by atoms with van der Waals surface area (Å²) < 4.78 is 13.1. The monoisotopic (exact) mass is 562 g/mol. The molecule has 0 aliphatic carbocycles. The molecule has 7 rings (SSSR count). The van der Waals surface area contributed by atoms with Gasteiger partial charge in [0, 0.05) is 43.8 Å². The fourth-order valence-corrected chi connectivity index (χ4v) is 5.24. The molecule has 2 heteroatoms. The van der Waals surface area contributed by atoms with Gasteiger partial charge in [-0.05, 0) is 60.7 Å². The van der Waals surface area contributed by atoms with Gasteiger partial charge in [-0.2, -0.15) is 0 Å². The molecule has 2 nitrogen and oxygen atoms in total. The van der Waals surface area contributed by atoms with E-state index in [1.807, 2.05) is 146 Å². The molecule has 0 fully saturated rings. The van der Waals surface area contributed by atoms with Crippen molar-refractivity contribution in [2.24, 2.45) is 0 Å². The van der Waals surface area contributed by atoms with Crippen molar-refractivity contribution in [1.82, 2.24) is 0 Å². The van der Waals surface area contributed by atoms with Crippen LogP contribution in [0.2, 0.25) is 0 Å². The van der Waals surface area contributed by atoms with E-state index in [0.717, 1.165) is 55.3 Å². The van der Waals surface area contributed by atoms with Gasteiger partial charge in [0.2, 0.25) is 0 Å². The Hall–Kier alpha value is -6.22. The third-order valence-corrected chi connectivity index (χ3v) is 7.24. The highest BCUT2D eigenvalue weighted by molar-refractivity contribution is 6.14. The summed E-state index contributed by atoms with van der Waals surface area (Å²) in [5.74, 6) is 16.7. The van der Waals surface area contributed by atoms with Crippen molar-refractivity contribution < 1.29 is 9.47 Å². The van der Waals surface area contributed by atoms with E-state index in [2.05, 4.69) is 35.8 Å². The predicted octanol–water partition coefficient (Wildman–Crippen LogP) is 10.4. The normalized spacial score (nSPS) is 10.4. The van der Waals surface area contributed by atoms with E-state index < -0.39 is 0 Å². The second-order valence-corrected chi connectivity index (χ2v) is 10.2. The molecule has 0 saturated carbocycles. The first kappa shape index (κ1) is 26.7. The fourth-order valence-electron chi connectivity index (χ4n) is 5.24. The Bertz CT molecular complexity index is 2100. The Balaban J connectivity index is 1.58. The first-order chi connectivity index (χ1) is 21.8. The molecule has 0 amide bonds. The Morgan fingerprint density at radius 1 is 0.318 bits per heavy atom. The summed E-state index contributed by atoms with van der Waals surface area (Å²) in [6, 6.07) is 51.9. The highest BCUT2D eigenvalue weighted by Gasteiger charge is 2.19. The minimum absolute atomic E-state index is 0.699. The van der Waals surface area contributed by atoms with Gasteiger partial charge in [-0.3, -0.25) is 0 Å². The van der Waals surface area contributed by atoms with Crippen LogP contribution in [0.25, 0.3) is 21.5 Å². The van der Waals surface area contributed by atoms with Crippen molar-refractivity contribution in [3.8, 4) is 46.7 Å². The van der Waals surface area contributed by atoms with Crippen LogP contribution in [0, 0.1) is 23.7 Å². The summed E-state index contributed by atoms with van der Waals surface area (Å²) >= 11 is 0. The van der Waals surface area contributed by atoms with Gasteiger partial charge in [0.15, 0.2) is 0 Å². The summed E-state index contributed by atoms with van der Waals surface area (Å²) in [5, 5.41) is 3.69. The van der Waals surface area contributed by atoms with Crippen molar-refractivity contribution in [1.29, 1.82) is 0 Å². The number of hydrogen-bond donors (Lipinski definition) is 0. The molecule has 0 spiro atoms. The van der Waals surface area contributed by atoms with E-state index in [0.29, 0.717) is 11.5 Å². The van der Waals surface area contributed by atoms with Crippen LogP contribution in [0.5, 0.6) is 23.0 Å². The van der Waals surface area contributed by atoms with Crippen molar-refractivity contribution in [2.75, 3.05) is 0 Å². The second-order valence-electron chi connectivity index (χ2n) is 10.2. The van der Waals surface area contributed by atoms with E-state index in [4.69, 9.17) is 9.47 Å². The molecule has 206 valence electrons. The SMILES string of the molecule is C(#Cc1c2cccc(Oc3ccccc3)c2c(C#Cc2ccccc2)c2c(Oc3ccccc3)cccc12)c1ccccc1. The maximum atomic E-state index is 6.55. The third kappa shape index (κ3) is 5.62. The molecule has 44 heavy (non-hydrogen) atoms. The van der Waals surface area contributed by atoms with Gasteiger partial charge in [-0.25, -0.2) is 0 Å². The summed E-state index contributed by atoms with van der Waals surface area (Å²) in [5.41, 5.74) is 3.57. The number of hydrogen-bond acceptors (Lipinski definition) is 2. The summed E-state index contributed by atoms with van der Waals surface area (Å²) in [6.07, 6.45) is 0. The number of ether oxygens (including phenoxy) is 2. The molecular weight excluding hydrogens is 536 g/mol. The minimum atomic E-state index is 0.699. The molecule has 0 N–H and O–H groups in total. The Morgan fingerprint density at radius 3 is 1.14 bits per heavy atom. The molecule has 7 aromatic rings. The molecule has 7 aromatic carbocycles. The van der Waals surface area contributed by atoms with Crippen LogP contribution >= 0.6 is 0 Å². The Morgan fingerprint density at radius 2 is 0.705 bits per heavy atom. The maximum Gasteiger partial charge on any atom is 0.136 e. The van der Waals surface area contributed by atoms with Crippen LogP contribution in [0.3, 0.4) is 0 Å². The van der Waals surface area contributed by atoms with E-state index in [-0.39, 0.29) is 0 Å². The van der Waals surface area contributed by atoms with Gasteiger partial charge < -0.3 is 9.47 Å². The van der Waals surface area contributed by atoms with Crippen molar-refractivity contribution >= 4 is 21.5 Å². The van der Waals surface area contributed by atoms with E-state index in [1.54, 1.807) is 0 Å². The summed E-state index contributed by atoms with van der Waals surface area (Å²) in [7, 11) is 0. The van der Waals surface area contributed by atoms with Gasteiger partial charge in [-0.1, -0.05) is 121 Å². The van der Waals surface area contributed by atoms with E-state index in [9.17, 15) is 0 Å². The molecule has 0 unspecified atom stereocenters. The number of benzene rings is 7. The van der Waals surface area contributed by atoms with E-state index in [1.165, 1.54) is 0 Å². The van der Waals surface area contributed by atoms with Gasteiger partial charge in [0.05, 0.1) is 0 Å². The minimum Gasteiger partial charge on any atom is -0.457 e. The number of rotatable bonds is 4. The van der Waals surface area contributed by atoms with Crippen LogP contribution in [-0.4, -0.2) is 0 Å². The maximum absolute atomic E-state index is 6.55. The van der Waals surface area contributed by atoms with Crippen molar-refractivity contribution in [2.45, 2.75) is 0 Å². The predicted molar refractivity (Wildman–Crippen MR) is 179 cm³/mol. The first-order valence-corrected chi connectivity index (χ1v) is 14.4. The first-order valence-electron chi connectivity index (χ1n) is 14.4. The van der Waals surface area contributed by atoms with Crippen LogP contribution in [-0.2, 0) is 0 Å². The molecule has 0 bridgehead atoms. The standard InChI is InChI=1S/C42H26O2/c1-5-15-31(16-6-1)27-29-35-36-23-13-25-39(43-33-19-9-3-10-20-33)41(36)38(30-28-32-17-7-2-8-18-32)42-37(35)24-14-26-40(42)44-34-21-11-4-12-22-34/h1-26H. The molecule has 0 saturated heterocycles. The van der Waals surface area contributed by atoms with Gasteiger partial charge in [-0.15, -0.1) is 0 Å². The van der Waals surface area contributed by atoms with Gasteiger partial charge >= 0.3 is 0 Å². The molecule has 0 aliphatic rings. The lowest BCUT2D eigenvalue weighted by atomic mass is 9.90. The lowest BCUT2D eigenvalue weighted by Crippen LogP contribution is -1.96. The second kappa shape index (κ2) is 12.3. The largest absolute Gasteiger partial charge is 0.457 e. The fraction of sp³-hybridized carbons (Fsp3) is 0. The molecule has 0 aromatic heterocycles.